The van der Waals surface area contributed by atoms with E-state index in [2.05, 4.69) is 0 Å². The second kappa shape index (κ2) is 5.65. The molecule has 0 atom stereocenters. The van der Waals surface area contributed by atoms with Crippen molar-refractivity contribution in [3.63, 3.8) is 0 Å². The van der Waals surface area contributed by atoms with Gasteiger partial charge in [-0.15, -0.1) is 0 Å². The zero-order valence-electron chi connectivity index (χ0n) is 10.8. The molecule has 1 aliphatic rings. The molecule has 0 saturated heterocycles. The number of amides is 1. The molecule has 0 aromatic heterocycles. The van der Waals surface area contributed by atoms with Gasteiger partial charge >= 0.3 is 0 Å². The molecule has 1 saturated carbocycles. The van der Waals surface area contributed by atoms with Gasteiger partial charge in [0.2, 0.25) is 0 Å². The Morgan fingerprint density at radius 2 is 2.11 bits per heavy atom. The molecule has 1 N–H and O–H groups in total. The van der Waals surface area contributed by atoms with Crippen molar-refractivity contribution in [2.24, 2.45) is 0 Å². The molecule has 104 valence electrons. The Labute approximate surface area is 110 Å². The molecule has 1 amide bonds. The number of hydrogen-bond donors (Lipinski definition) is 1. The van der Waals surface area contributed by atoms with Crippen LogP contribution in [0.25, 0.3) is 0 Å². The highest BCUT2D eigenvalue weighted by molar-refractivity contribution is 5.95. The molecule has 0 radical (unpaired) electrons. The maximum atomic E-state index is 13.9. The van der Waals surface area contributed by atoms with E-state index >= 15 is 0 Å². The van der Waals surface area contributed by atoms with Gasteiger partial charge in [-0.3, -0.25) is 4.79 Å². The first-order chi connectivity index (χ1) is 9.06. The molecule has 5 heteroatoms. The van der Waals surface area contributed by atoms with Gasteiger partial charge in [-0.05, 0) is 37.8 Å². The van der Waals surface area contributed by atoms with Crippen molar-refractivity contribution in [3.8, 4) is 0 Å². The van der Waals surface area contributed by atoms with E-state index in [-0.39, 0.29) is 24.8 Å². The number of carbonyl (C=O) groups excluding carboxylic acids is 1. The minimum atomic E-state index is -0.852. The first-order valence-corrected chi connectivity index (χ1v) is 6.42. The van der Waals surface area contributed by atoms with Crippen LogP contribution in [-0.4, -0.2) is 35.1 Å². The van der Waals surface area contributed by atoms with Gasteiger partial charge in [-0.1, -0.05) is 6.07 Å². The lowest BCUT2D eigenvalue weighted by Crippen LogP contribution is -2.46. The largest absolute Gasteiger partial charge is 0.395 e. The fourth-order valence-electron chi connectivity index (χ4n) is 2.25. The quantitative estimate of drug-likeness (QED) is 0.910. The molecule has 1 aromatic carbocycles. The third-order valence-electron chi connectivity index (χ3n) is 3.62. The van der Waals surface area contributed by atoms with Gasteiger partial charge in [-0.2, -0.15) is 0 Å². The molecule has 0 bridgehead atoms. The summed E-state index contributed by atoms with van der Waals surface area (Å²) in [7, 11) is 0. The Balaban J connectivity index is 2.33. The first-order valence-electron chi connectivity index (χ1n) is 6.42. The monoisotopic (exact) mass is 269 g/mol. The number of rotatable bonds is 4. The van der Waals surface area contributed by atoms with Gasteiger partial charge in [0.1, 0.15) is 17.2 Å². The topological polar surface area (TPSA) is 40.5 Å². The highest BCUT2D eigenvalue weighted by Crippen LogP contribution is 2.27. The fraction of sp³-hybridized carbons (Fsp3) is 0.500. The van der Waals surface area contributed by atoms with Crippen molar-refractivity contribution in [1.82, 2.24) is 4.90 Å². The summed E-state index contributed by atoms with van der Waals surface area (Å²) >= 11 is 0. The van der Waals surface area contributed by atoms with Gasteiger partial charge in [0, 0.05) is 12.6 Å². The fourth-order valence-corrected chi connectivity index (χ4v) is 2.25. The zero-order chi connectivity index (χ0) is 14.0. The molecule has 0 heterocycles. The third kappa shape index (κ3) is 2.61. The lowest BCUT2D eigenvalue weighted by atomic mass is 9.90. The van der Waals surface area contributed by atoms with E-state index in [1.165, 1.54) is 17.9 Å². The van der Waals surface area contributed by atoms with Crippen LogP contribution in [0.2, 0.25) is 0 Å². The van der Waals surface area contributed by atoms with Crippen LogP contribution in [-0.2, 0) is 0 Å². The van der Waals surface area contributed by atoms with Crippen molar-refractivity contribution in [2.45, 2.75) is 32.2 Å². The average Bonchev–Trinajstić information content (AvgIpc) is 2.31. The van der Waals surface area contributed by atoms with Crippen LogP contribution in [0, 0.1) is 18.6 Å². The summed E-state index contributed by atoms with van der Waals surface area (Å²) in [5.74, 6) is -2.33. The van der Waals surface area contributed by atoms with E-state index in [1.54, 1.807) is 0 Å². The molecule has 1 fully saturated rings. The van der Waals surface area contributed by atoms with Crippen molar-refractivity contribution < 1.29 is 18.7 Å². The summed E-state index contributed by atoms with van der Waals surface area (Å²) in [6.45, 7) is 1.39. The second-order valence-electron chi connectivity index (χ2n) is 4.86. The number of hydrogen-bond acceptors (Lipinski definition) is 2. The number of halogens is 2. The normalized spacial score (nSPS) is 15.2. The van der Waals surface area contributed by atoms with Gasteiger partial charge in [0.05, 0.1) is 6.61 Å². The van der Waals surface area contributed by atoms with Crippen LogP contribution in [0.15, 0.2) is 12.1 Å². The standard InChI is InChI=1S/C14H17F2NO2/c1-9-5-6-11(15)12(13(9)16)14(19)17(7-8-18)10-3-2-4-10/h5-6,10,18H,2-4,7-8H2,1H3. The molecular weight excluding hydrogens is 252 g/mol. The number of aryl methyl sites for hydroxylation is 1. The van der Waals surface area contributed by atoms with Crippen LogP contribution >= 0.6 is 0 Å². The average molecular weight is 269 g/mol. The highest BCUT2D eigenvalue weighted by Gasteiger charge is 2.32. The zero-order valence-corrected chi connectivity index (χ0v) is 10.8. The Bertz CT molecular complexity index is 487. The maximum absolute atomic E-state index is 13.9. The minimum absolute atomic E-state index is 0.0148. The van der Waals surface area contributed by atoms with E-state index in [9.17, 15) is 13.6 Å². The van der Waals surface area contributed by atoms with Gasteiger partial charge < -0.3 is 10.0 Å². The van der Waals surface area contributed by atoms with Gasteiger partial charge in [0.15, 0.2) is 0 Å². The second-order valence-corrected chi connectivity index (χ2v) is 4.86. The minimum Gasteiger partial charge on any atom is -0.395 e. The number of benzene rings is 1. The molecule has 0 unspecified atom stereocenters. The Morgan fingerprint density at radius 1 is 1.42 bits per heavy atom. The molecule has 0 aliphatic heterocycles. The molecule has 1 aliphatic carbocycles. The summed E-state index contributed by atoms with van der Waals surface area (Å²) in [6.07, 6.45) is 2.64. The number of aliphatic hydroxyl groups is 1. The summed E-state index contributed by atoms with van der Waals surface area (Å²) in [5, 5.41) is 9.01. The smallest absolute Gasteiger partial charge is 0.260 e. The predicted octanol–water partition coefficient (Wildman–Crippen LogP) is 2.26. The number of aliphatic hydroxyl groups excluding tert-OH is 1. The first kappa shape index (κ1) is 13.9. The summed E-state index contributed by atoms with van der Waals surface area (Å²) < 4.78 is 27.7. The molecule has 2 rings (SSSR count). The Hall–Kier alpha value is -1.49. The molecule has 19 heavy (non-hydrogen) atoms. The van der Waals surface area contributed by atoms with Crippen LogP contribution in [0.3, 0.4) is 0 Å². The van der Waals surface area contributed by atoms with E-state index < -0.39 is 23.1 Å². The van der Waals surface area contributed by atoms with Crippen molar-refractivity contribution >= 4 is 5.91 Å². The SMILES string of the molecule is Cc1ccc(F)c(C(=O)N(CCO)C2CCC2)c1F. The van der Waals surface area contributed by atoms with Crippen molar-refractivity contribution in [1.29, 1.82) is 0 Å². The lowest BCUT2D eigenvalue weighted by molar-refractivity contribution is 0.0516. The molecule has 1 aromatic rings. The van der Waals surface area contributed by atoms with E-state index in [4.69, 9.17) is 5.11 Å². The summed E-state index contributed by atoms with van der Waals surface area (Å²) in [5.41, 5.74) is -0.275. The summed E-state index contributed by atoms with van der Waals surface area (Å²) in [6, 6.07) is 2.39. The maximum Gasteiger partial charge on any atom is 0.260 e. The highest BCUT2D eigenvalue weighted by atomic mass is 19.1. The van der Waals surface area contributed by atoms with Crippen LogP contribution < -0.4 is 0 Å². The molecule has 0 spiro atoms. The van der Waals surface area contributed by atoms with Crippen LogP contribution in [0.5, 0.6) is 0 Å². The molecule has 3 nitrogen and oxygen atoms in total. The summed E-state index contributed by atoms with van der Waals surface area (Å²) in [4.78, 5) is 13.7. The van der Waals surface area contributed by atoms with Crippen molar-refractivity contribution in [3.05, 3.63) is 34.9 Å². The van der Waals surface area contributed by atoms with Crippen LogP contribution in [0.1, 0.15) is 35.2 Å². The Kier molecular flexibility index (Phi) is 4.14. The number of nitrogens with zero attached hydrogens (tertiary/aromatic N) is 1. The predicted molar refractivity (Wildman–Crippen MR) is 66.9 cm³/mol. The van der Waals surface area contributed by atoms with Crippen molar-refractivity contribution in [2.75, 3.05) is 13.2 Å². The van der Waals surface area contributed by atoms with E-state index in [0.717, 1.165) is 25.3 Å². The van der Waals surface area contributed by atoms with E-state index in [0.29, 0.717) is 0 Å². The lowest BCUT2D eigenvalue weighted by Gasteiger charge is -2.37. The number of carbonyl (C=O) groups is 1. The van der Waals surface area contributed by atoms with Gasteiger partial charge in [0.25, 0.3) is 5.91 Å². The van der Waals surface area contributed by atoms with Crippen LogP contribution in [0.4, 0.5) is 8.78 Å². The van der Waals surface area contributed by atoms with Gasteiger partial charge in [-0.25, -0.2) is 8.78 Å². The third-order valence-corrected chi connectivity index (χ3v) is 3.62. The van der Waals surface area contributed by atoms with E-state index in [1.807, 2.05) is 0 Å². The molecular formula is C14H17F2NO2. The Morgan fingerprint density at radius 3 is 2.63 bits per heavy atom.